The van der Waals surface area contributed by atoms with Crippen molar-refractivity contribution in [2.24, 2.45) is 0 Å². The van der Waals surface area contributed by atoms with Gasteiger partial charge in [-0.3, -0.25) is 4.79 Å². The first-order valence-corrected chi connectivity index (χ1v) is 6.28. The molecule has 0 atom stereocenters. The van der Waals surface area contributed by atoms with Crippen molar-refractivity contribution in [3.8, 4) is 0 Å². The summed E-state index contributed by atoms with van der Waals surface area (Å²) in [4.78, 5) is 13.3. The summed E-state index contributed by atoms with van der Waals surface area (Å²) in [6, 6.07) is 0. The molecule has 0 heterocycles. The van der Waals surface area contributed by atoms with Crippen molar-refractivity contribution < 1.29 is 19.0 Å². The first-order valence-electron chi connectivity index (χ1n) is 6.28. The molecule has 0 unspecified atom stereocenters. The summed E-state index contributed by atoms with van der Waals surface area (Å²) >= 11 is 0. The number of hydrogen-bond donors (Lipinski definition) is 0. The molecule has 0 rings (SSSR count). The Bertz CT molecular complexity index is 231. The third kappa shape index (κ3) is 8.44. The second-order valence-corrected chi connectivity index (χ2v) is 4.87. The molecular weight excluding hydrogens is 234 g/mol. The molecule has 0 aromatic carbocycles. The van der Waals surface area contributed by atoms with E-state index in [0.29, 0.717) is 19.6 Å². The summed E-state index contributed by atoms with van der Waals surface area (Å²) in [5.74, 6) is -0.177. The fraction of sp³-hybridized carbons (Fsp3) is 0.923. The topological polar surface area (TPSA) is 48.0 Å². The van der Waals surface area contributed by atoms with Gasteiger partial charge in [0.05, 0.1) is 25.7 Å². The minimum Gasteiger partial charge on any atom is -0.469 e. The average molecular weight is 261 g/mol. The molecule has 0 fully saturated rings. The third-order valence-corrected chi connectivity index (χ3v) is 3.05. The van der Waals surface area contributed by atoms with Crippen molar-refractivity contribution in [1.29, 1.82) is 0 Å². The van der Waals surface area contributed by atoms with Crippen molar-refractivity contribution in [3.63, 3.8) is 0 Å². The van der Waals surface area contributed by atoms with Gasteiger partial charge in [0, 0.05) is 33.9 Å². The van der Waals surface area contributed by atoms with Gasteiger partial charge >= 0.3 is 5.97 Å². The molecule has 0 bridgehead atoms. The van der Waals surface area contributed by atoms with Gasteiger partial charge in [-0.15, -0.1) is 0 Å². The van der Waals surface area contributed by atoms with E-state index in [4.69, 9.17) is 9.47 Å². The van der Waals surface area contributed by atoms with Crippen LogP contribution < -0.4 is 0 Å². The van der Waals surface area contributed by atoms with Crippen LogP contribution in [0.4, 0.5) is 0 Å². The molecule has 0 amide bonds. The van der Waals surface area contributed by atoms with Crippen LogP contribution in [0.15, 0.2) is 0 Å². The second-order valence-electron chi connectivity index (χ2n) is 4.87. The van der Waals surface area contributed by atoms with E-state index in [1.807, 2.05) is 0 Å². The van der Waals surface area contributed by atoms with Gasteiger partial charge in [-0.1, -0.05) is 0 Å². The number of carbonyl (C=O) groups is 1. The number of rotatable bonds is 10. The molecule has 0 spiro atoms. The fourth-order valence-electron chi connectivity index (χ4n) is 1.44. The quantitative estimate of drug-likeness (QED) is 0.555. The van der Waals surface area contributed by atoms with Crippen LogP contribution in [0, 0.1) is 0 Å². The van der Waals surface area contributed by atoms with Crippen LogP contribution in [0.5, 0.6) is 0 Å². The smallest absolute Gasteiger partial charge is 0.306 e. The molecule has 108 valence electrons. The first kappa shape index (κ1) is 17.4. The first-order chi connectivity index (χ1) is 8.45. The number of nitrogens with zero attached hydrogens (tertiary/aromatic N) is 1. The van der Waals surface area contributed by atoms with E-state index in [1.165, 1.54) is 7.11 Å². The van der Waals surface area contributed by atoms with Crippen molar-refractivity contribution in [1.82, 2.24) is 4.90 Å². The Hall–Kier alpha value is -0.650. The lowest BCUT2D eigenvalue weighted by atomic mass is 10.0. The lowest BCUT2D eigenvalue weighted by molar-refractivity contribution is -0.141. The van der Waals surface area contributed by atoms with Gasteiger partial charge in [-0.05, 0) is 20.3 Å². The van der Waals surface area contributed by atoms with Gasteiger partial charge in [0.2, 0.25) is 0 Å². The zero-order valence-electron chi connectivity index (χ0n) is 12.3. The Balaban J connectivity index is 4.09. The van der Waals surface area contributed by atoms with Crippen LogP contribution in [0.2, 0.25) is 0 Å². The maximum Gasteiger partial charge on any atom is 0.306 e. The zero-order chi connectivity index (χ0) is 14.0. The maximum absolute atomic E-state index is 11.1. The van der Waals surface area contributed by atoms with E-state index in [2.05, 4.69) is 23.5 Å². The van der Waals surface area contributed by atoms with Crippen molar-refractivity contribution in [2.75, 3.05) is 47.6 Å². The number of esters is 1. The molecule has 0 radical (unpaired) electrons. The monoisotopic (exact) mass is 261 g/mol. The normalized spacial score (nSPS) is 11.9. The SMILES string of the molecule is COCCN(CCC(=O)OC)CCC(C)(C)OC. The van der Waals surface area contributed by atoms with Crippen molar-refractivity contribution >= 4 is 5.97 Å². The molecule has 18 heavy (non-hydrogen) atoms. The van der Waals surface area contributed by atoms with Crippen LogP contribution in [0.3, 0.4) is 0 Å². The van der Waals surface area contributed by atoms with E-state index >= 15 is 0 Å². The average Bonchev–Trinajstić information content (AvgIpc) is 2.37. The Morgan fingerprint density at radius 1 is 1.11 bits per heavy atom. The fourth-order valence-corrected chi connectivity index (χ4v) is 1.44. The third-order valence-electron chi connectivity index (χ3n) is 3.05. The van der Waals surface area contributed by atoms with E-state index in [9.17, 15) is 4.79 Å². The second kappa shape index (κ2) is 9.30. The number of carbonyl (C=O) groups excluding carboxylic acids is 1. The van der Waals surface area contributed by atoms with Crippen LogP contribution in [-0.2, 0) is 19.0 Å². The van der Waals surface area contributed by atoms with E-state index in [1.54, 1.807) is 14.2 Å². The molecule has 0 aromatic heterocycles. The van der Waals surface area contributed by atoms with E-state index < -0.39 is 0 Å². The Kier molecular flexibility index (Phi) is 8.97. The van der Waals surface area contributed by atoms with Gasteiger partial charge in [-0.25, -0.2) is 0 Å². The minimum absolute atomic E-state index is 0.142. The van der Waals surface area contributed by atoms with Gasteiger partial charge in [-0.2, -0.15) is 0 Å². The number of ether oxygens (including phenoxy) is 3. The van der Waals surface area contributed by atoms with Crippen LogP contribution in [0.25, 0.3) is 0 Å². The summed E-state index contributed by atoms with van der Waals surface area (Å²) in [5.41, 5.74) is -0.142. The molecule has 5 nitrogen and oxygen atoms in total. The van der Waals surface area contributed by atoms with E-state index in [-0.39, 0.29) is 11.6 Å². The zero-order valence-corrected chi connectivity index (χ0v) is 12.3. The predicted molar refractivity (Wildman–Crippen MR) is 70.7 cm³/mol. The summed E-state index contributed by atoms with van der Waals surface area (Å²) in [6.45, 7) is 7.16. The molecule has 0 saturated heterocycles. The minimum atomic E-state index is -0.177. The highest BCUT2D eigenvalue weighted by molar-refractivity contribution is 5.69. The maximum atomic E-state index is 11.1. The van der Waals surface area contributed by atoms with Gasteiger partial charge < -0.3 is 19.1 Å². The number of hydrogen-bond acceptors (Lipinski definition) is 5. The molecule has 0 aromatic rings. The lowest BCUT2D eigenvalue weighted by Crippen LogP contribution is -2.35. The molecule has 5 heteroatoms. The van der Waals surface area contributed by atoms with Crippen LogP contribution in [-0.4, -0.2) is 64.0 Å². The molecule has 0 N–H and O–H groups in total. The molecule has 0 aliphatic carbocycles. The highest BCUT2D eigenvalue weighted by Gasteiger charge is 2.18. The largest absolute Gasteiger partial charge is 0.469 e. The van der Waals surface area contributed by atoms with Gasteiger partial charge in [0.1, 0.15) is 0 Å². The van der Waals surface area contributed by atoms with Crippen molar-refractivity contribution in [2.45, 2.75) is 32.3 Å². The molecule has 0 aliphatic rings. The van der Waals surface area contributed by atoms with Crippen LogP contribution >= 0.6 is 0 Å². The summed E-state index contributed by atoms with van der Waals surface area (Å²) in [6.07, 6.45) is 1.32. The summed E-state index contributed by atoms with van der Waals surface area (Å²) in [5, 5.41) is 0. The molecule has 0 aliphatic heterocycles. The molecule has 0 saturated carbocycles. The highest BCUT2D eigenvalue weighted by Crippen LogP contribution is 2.13. The van der Waals surface area contributed by atoms with Crippen molar-refractivity contribution in [3.05, 3.63) is 0 Å². The highest BCUT2D eigenvalue weighted by atomic mass is 16.5. The van der Waals surface area contributed by atoms with E-state index in [0.717, 1.165) is 19.5 Å². The van der Waals surface area contributed by atoms with Gasteiger partial charge in [0.15, 0.2) is 0 Å². The van der Waals surface area contributed by atoms with Crippen LogP contribution in [0.1, 0.15) is 26.7 Å². The lowest BCUT2D eigenvalue weighted by Gasteiger charge is -2.28. The molecular formula is C13H27NO4. The summed E-state index contributed by atoms with van der Waals surface area (Å²) in [7, 11) is 4.81. The number of methoxy groups -OCH3 is 3. The Labute approximate surface area is 110 Å². The predicted octanol–water partition coefficient (Wildman–Crippen LogP) is 1.31. The Morgan fingerprint density at radius 2 is 1.78 bits per heavy atom. The standard InChI is InChI=1S/C13H27NO4/c1-13(2,18-5)7-9-14(10-11-16-3)8-6-12(15)17-4/h6-11H2,1-5H3. The Morgan fingerprint density at radius 3 is 2.28 bits per heavy atom. The summed E-state index contributed by atoms with van der Waals surface area (Å²) < 4.78 is 15.1. The van der Waals surface area contributed by atoms with Gasteiger partial charge in [0.25, 0.3) is 0 Å².